The van der Waals surface area contributed by atoms with Crippen LogP contribution in [0.25, 0.3) is 17.2 Å². The fourth-order valence-corrected chi connectivity index (χ4v) is 2.69. The second-order valence-corrected chi connectivity index (χ2v) is 5.97. The summed E-state index contributed by atoms with van der Waals surface area (Å²) in [5, 5.41) is 7.16. The highest BCUT2D eigenvalue weighted by molar-refractivity contribution is 5.78. The Morgan fingerprint density at radius 3 is 2.64 bits per heavy atom. The number of aromatic nitrogens is 4. The van der Waals surface area contributed by atoms with Crippen molar-refractivity contribution in [1.29, 1.82) is 0 Å². The van der Waals surface area contributed by atoms with Crippen LogP contribution in [0.3, 0.4) is 0 Å². The molecule has 130 valence electrons. The number of hydrogen-bond donors (Lipinski definition) is 1. The minimum atomic E-state index is -0.299. The van der Waals surface area contributed by atoms with Gasteiger partial charge in [-0.25, -0.2) is 0 Å². The predicted octanol–water partition coefficient (Wildman–Crippen LogP) is 1.47. The second-order valence-electron chi connectivity index (χ2n) is 5.97. The van der Waals surface area contributed by atoms with Gasteiger partial charge in [0.25, 0.3) is 5.56 Å². The van der Waals surface area contributed by atoms with Crippen LogP contribution in [0.2, 0.25) is 0 Å². The largest absolute Gasteiger partial charge is 0.356 e. The summed E-state index contributed by atoms with van der Waals surface area (Å²) in [5.74, 6) is 0.782. The van der Waals surface area contributed by atoms with E-state index < -0.39 is 0 Å². The van der Waals surface area contributed by atoms with Crippen LogP contribution >= 0.6 is 0 Å². The van der Waals surface area contributed by atoms with Crippen LogP contribution in [0.4, 0.5) is 0 Å². The summed E-state index contributed by atoms with van der Waals surface area (Å²) in [6, 6.07) is 9.49. The molecule has 0 saturated carbocycles. The van der Waals surface area contributed by atoms with Crippen LogP contribution in [-0.4, -0.2) is 31.6 Å². The molecule has 0 bridgehead atoms. The van der Waals surface area contributed by atoms with E-state index >= 15 is 0 Å². The summed E-state index contributed by atoms with van der Waals surface area (Å²) in [7, 11) is 1.82. The molecule has 0 spiro atoms. The minimum absolute atomic E-state index is 0.0367. The molecule has 1 N–H and O–H groups in total. The van der Waals surface area contributed by atoms with E-state index in [1.807, 2.05) is 51.2 Å². The maximum Gasteiger partial charge on any atom is 0.279 e. The first-order chi connectivity index (χ1) is 12.0. The molecule has 0 fully saturated rings. The molecule has 1 amide bonds. The van der Waals surface area contributed by atoms with Gasteiger partial charge >= 0.3 is 0 Å². The second kappa shape index (κ2) is 6.88. The zero-order valence-corrected chi connectivity index (χ0v) is 14.6. The van der Waals surface area contributed by atoms with Gasteiger partial charge in [-0.1, -0.05) is 37.3 Å². The highest BCUT2D eigenvalue weighted by Gasteiger charge is 2.18. The maximum atomic E-state index is 12.8. The number of benzene rings is 1. The standard InChI is InChI=1S/C18H21N5O2/c1-4-10-19-15(24)11-14-12(2)22(3)18-20-16(21-23(18)17(14)25)13-8-6-5-7-9-13/h5-9H,4,10-11H2,1-3H3,(H,19,24). The summed E-state index contributed by atoms with van der Waals surface area (Å²) in [6.45, 7) is 4.40. The van der Waals surface area contributed by atoms with Crippen molar-refractivity contribution in [1.82, 2.24) is 24.5 Å². The molecular formula is C18H21N5O2. The Morgan fingerprint density at radius 1 is 1.24 bits per heavy atom. The van der Waals surface area contributed by atoms with Crippen molar-refractivity contribution in [2.75, 3.05) is 6.54 Å². The summed E-state index contributed by atoms with van der Waals surface area (Å²) < 4.78 is 3.07. The van der Waals surface area contributed by atoms with E-state index in [1.165, 1.54) is 4.52 Å². The van der Waals surface area contributed by atoms with Crippen molar-refractivity contribution >= 4 is 11.7 Å². The SMILES string of the molecule is CCCNC(=O)Cc1c(C)n(C)c2nc(-c3ccccc3)nn2c1=O. The Labute approximate surface area is 145 Å². The quantitative estimate of drug-likeness (QED) is 0.763. The number of rotatable bonds is 5. The van der Waals surface area contributed by atoms with Crippen molar-refractivity contribution in [2.45, 2.75) is 26.7 Å². The molecule has 3 rings (SSSR count). The predicted molar refractivity (Wildman–Crippen MR) is 95.4 cm³/mol. The fourth-order valence-electron chi connectivity index (χ4n) is 2.69. The lowest BCUT2D eigenvalue weighted by Crippen LogP contribution is -2.32. The van der Waals surface area contributed by atoms with E-state index in [0.717, 1.165) is 17.7 Å². The van der Waals surface area contributed by atoms with E-state index in [1.54, 1.807) is 4.57 Å². The zero-order valence-electron chi connectivity index (χ0n) is 14.6. The van der Waals surface area contributed by atoms with Crippen LogP contribution in [0, 0.1) is 6.92 Å². The van der Waals surface area contributed by atoms with Crippen molar-refractivity contribution in [3.05, 3.63) is 51.9 Å². The Morgan fingerprint density at radius 2 is 1.96 bits per heavy atom. The van der Waals surface area contributed by atoms with Crippen molar-refractivity contribution < 1.29 is 4.79 Å². The van der Waals surface area contributed by atoms with Gasteiger partial charge in [-0.2, -0.15) is 9.50 Å². The monoisotopic (exact) mass is 339 g/mol. The van der Waals surface area contributed by atoms with Crippen LogP contribution in [-0.2, 0) is 18.3 Å². The molecule has 0 aliphatic rings. The van der Waals surface area contributed by atoms with Gasteiger partial charge in [0.2, 0.25) is 11.7 Å². The first kappa shape index (κ1) is 16.9. The zero-order chi connectivity index (χ0) is 18.0. The molecule has 1 aromatic carbocycles. The smallest absolute Gasteiger partial charge is 0.279 e. The van der Waals surface area contributed by atoms with Gasteiger partial charge in [0.1, 0.15) is 0 Å². The molecule has 7 heteroatoms. The molecule has 0 aliphatic heterocycles. The molecule has 0 unspecified atom stereocenters. The van der Waals surface area contributed by atoms with E-state index in [-0.39, 0.29) is 17.9 Å². The number of nitrogens with one attached hydrogen (secondary N) is 1. The Hall–Kier alpha value is -2.96. The van der Waals surface area contributed by atoms with Gasteiger partial charge in [-0.05, 0) is 13.3 Å². The lowest BCUT2D eigenvalue weighted by Gasteiger charge is -2.11. The third-order valence-electron chi connectivity index (χ3n) is 4.22. The maximum absolute atomic E-state index is 12.8. The van der Waals surface area contributed by atoms with Gasteiger partial charge in [-0.3, -0.25) is 9.59 Å². The van der Waals surface area contributed by atoms with Crippen LogP contribution in [0.5, 0.6) is 0 Å². The highest BCUT2D eigenvalue weighted by atomic mass is 16.2. The summed E-state index contributed by atoms with van der Waals surface area (Å²) in [6.07, 6.45) is 0.889. The average molecular weight is 339 g/mol. The first-order valence-corrected chi connectivity index (χ1v) is 8.30. The number of nitrogens with zero attached hydrogens (tertiary/aromatic N) is 4. The number of carbonyl (C=O) groups is 1. The van der Waals surface area contributed by atoms with E-state index in [9.17, 15) is 9.59 Å². The van der Waals surface area contributed by atoms with Crippen molar-refractivity contribution in [2.24, 2.45) is 7.05 Å². The van der Waals surface area contributed by atoms with Gasteiger partial charge < -0.3 is 9.88 Å². The van der Waals surface area contributed by atoms with E-state index in [2.05, 4.69) is 15.4 Å². The van der Waals surface area contributed by atoms with Gasteiger partial charge in [0.05, 0.1) is 6.42 Å². The molecule has 0 radical (unpaired) electrons. The molecule has 2 heterocycles. The Bertz CT molecular complexity index is 973. The molecule has 3 aromatic rings. The molecule has 0 saturated heterocycles. The number of aryl methyl sites for hydroxylation is 1. The molecular weight excluding hydrogens is 318 g/mol. The lowest BCUT2D eigenvalue weighted by molar-refractivity contribution is -0.120. The first-order valence-electron chi connectivity index (χ1n) is 8.30. The molecule has 0 aliphatic carbocycles. The van der Waals surface area contributed by atoms with E-state index in [0.29, 0.717) is 23.7 Å². The molecule has 25 heavy (non-hydrogen) atoms. The van der Waals surface area contributed by atoms with Gasteiger partial charge in [-0.15, -0.1) is 5.10 Å². The Balaban J connectivity index is 2.08. The third kappa shape index (κ3) is 3.17. The van der Waals surface area contributed by atoms with Crippen molar-refractivity contribution in [3.63, 3.8) is 0 Å². The fraction of sp³-hybridized carbons (Fsp3) is 0.333. The van der Waals surface area contributed by atoms with Crippen molar-refractivity contribution in [3.8, 4) is 11.4 Å². The topological polar surface area (TPSA) is 81.3 Å². The number of amides is 1. The molecule has 2 aromatic heterocycles. The van der Waals surface area contributed by atoms with Gasteiger partial charge in [0, 0.05) is 30.4 Å². The normalized spacial score (nSPS) is 11.0. The third-order valence-corrected chi connectivity index (χ3v) is 4.22. The van der Waals surface area contributed by atoms with Crippen LogP contribution in [0.15, 0.2) is 35.1 Å². The summed E-state index contributed by atoms with van der Waals surface area (Å²) in [4.78, 5) is 29.4. The average Bonchev–Trinajstić information content (AvgIpc) is 3.08. The Kier molecular flexibility index (Phi) is 4.65. The van der Waals surface area contributed by atoms with Crippen LogP contribution in [0.1, 0.15) is 24.6 Å². The number of fused-ring (bicyclic) bond motifs is 1. The van der Waals surface area contributed by atoms with E-state index in [4.69, 9.17) is 0 Å². The highest BCUT2D eigenvalue weighted by Crippen LogP contribution is 2.16. The summed E-state index contributed by atoms with van der Waals surface area (Å²) in [5.41, 5.74) is 1.70. The van der Waals surface area contributed by atoms with Crippen LogP contribution < -0.4 is 10.9 Å². The number of hydrogen-bond acceptors (Lipinski definition) is 4. The minimum Gasteiger partial charge on any atom is -0.356 e. The van der Waals surface area contributed by atoms with Gasteiger partial charge in [0.15, 0.2) is 5.82 Å². The molecule has 0 atom stereocenters. The molecule has 7 nitrogen and oxygen atoms in total. The summed E-state index contributed by atoms with van der Waals surface area (Å²) >= 11 is 0. The number of carbonyl (C=O) groups excluding carboxylic acids is 1. The lowest BCUT2D eigenvalue weighted by atomic mass is 10.1.